The Morgan fingerprint density at radius 1 is 1.32 bits per heavy atom. The molecule has 19 heavy (non-hydrogen) atoms. The maximum Gasteiger partial charge on any atom is 0.410 e. The summed E-state index contributed by atoms with van der Waals surface area (Å²) in [6, 6.07) is -1.56. The van der Waals surface area contributed by atoms with Crippen LogP contribution in [0, 0.1) is 0 Å². The van der Waals surface area contributed by atoms with Crippen molar-refractivity contribution < 1.29 is 19.4 Å². The van der Waals surface area contributed by atoms with Gasteiger partial charge in [0.2, 0.25) is 0 Å². The third kappa shape index (κ3) is 4.70. The van der Waals surface area contributed by atoms with Gasteiger partial charge in [-0.05, 0) is 33.6 Å². The molecule has 3 N–H and O–H groups in total. The van der Waals surface area contributed by atoms with Gasteiger partial charge in [0.15, 0.2) is 0 Å². The Hall–Kier alpha value is -1.30. The van der Waals surface area contributed by atoms with Crippen LogP contribution in [-0.4, -0.2) is 46.3 Å². The molecule has 0 aliphatic carbocycles. The summed E-state index contributed by atoms with van der Waals surface area (Å²) in [7, 11) is 0. The number of carbonyl (C=O) groups is 2. The minimum Gasteiger partial charge on any atom is -0.480 e. The molecule has 0 aromatic rings. The number of aliphatic carboxylic acids is 1. The maximum absolute atomic E-state index is 12.2. The van der Waals surface area contributed by atoms with Crippen LogP contribution in [0.5, 0.6) is 0 Å². The first kappa shape index (κ1) is 15.8. The molecular formula is C13H24N2O4. The van der Waals surface area contributed by atoms with Crippen molar-refractivity contribution >= 4 is 12.1 Å². The quantitative estimate of drug-likeness (QED) is 0.796. The third-order valence-electron chi connectivity index (χ3n) is 3.13. The lowest BCUT2D eigenvalue weighted by Gasteiger charge is -2.33. The van der Waals surface area contributed by atoms with Gasteiger partial charge in [0.05, 0.1) is 6.04 Å². The van der Waals surface area contributed by atoms with E-state index in [0.717, 1.165) is 19.3 Å². The van der Waals surface area contributed by atoms with Crippen LogP contribution in [0.15, 0.2) is 0 Å². The highest BCUT2D eigenvalue weighted by Gasteiger charge is 2.35. The molecular weight excluding hydrogens is 248 g/mol. The van der Waals surface area contributed by atoms with Gasteiger partial charge in [0.1, 0.15) is 11.6 Å². The highest BCUT2D eigenvalue weighted by atomic mass is 16.6. The van der Waals surface area contributed by atoms with E-state index in [1.165, 1.54) is 4.90 Å². The number of amides is 1. The lowest BCUT2D eigenvalue weighted by molar-refractivity contribution is -0.140. The van der Waals surface area contributed by atoms with Gasteiger partial charge in [-0.1, -0.05) is 12.8 Å². The molecule has 0 aromatic carbocycles. The second-order valence-corrected chi connectivity index (χ2v) is 5.95. The van der Waals surface area contributed by atoms with E-state index in [1.54, 1.807) is 20.8 Å². The van der Waals surface area contributed by atoms with Crippen LogP contribution < -0.4 is 5.73 Å². The molecule has 2 atom stereocenters. The molecule has 1 amide bonds. The van der Waals surface area contributed by atoms with E-state index in [1.807, 2.05) is 0 Å². The summed E-state index contributed by atoms with van der Waals surface area (Å²) in [6.07, 6.45) is 2.83. The van der Waals surface area contributed by atoms with Gasteiger partial charge in [0, 0.05) is 6.54 Å². The zero-order valence-electron chi connectivity index (χ0n) is 11.9. The van der Waals surface area contributed by atoms with Crippen molar-refractivity contribution in [2.45, 2.75) is 64.1 Å². The fourth-order valence-electron chi connectivity index (χ4n) is 2.22. The van der Waals surface area contributed by atoms with E-state index in [-0.39, 0.29) is 0 Å². The molecule has 6 heteroatoms. The summed E-state index contributed by atoms with van der Waals surface area (Å²) in [4.78, 5) is 24.7. The van der Waals surface area contributed by atoms with Crippen LogP contribution in [0.1, 0.15) is 46.5 Å². The van der Waals surface area contributed by atoms with E-state index in [4.69, 9.17) is 15.6 Å². The number of hydrogen-bond acceptors (Lipinski definition) is 4. The number of nitrogens with two attached hydrogens (primary N) is 1. The standard InChI is InChI=1S/C13H24N2O4/c1-13(2,3)19-12(18)15-8-6-4-5-7-9(15)10(14)11(16)17/h9-10H,4-8,14H2,1-3H3,(H,16,17). The Kier molecular flexibility index (Phi) is 5.17. The second kappa shape index (κ2) is 6.23. The summed E-state index contributed by atoms with van der Waals surface area (Å²) in [5, 5.41) is 9.05. The molecule has 0 aromatic heterocycles. The molecule has 0 saturated carbocycles. The molecule has 1 aliphatic rings. The summed E-state index contributed by atoms with van der Waals surface area (Å²) >= 11 is 0. The minimum absolute atomic E-state index is 0.476. The minimum atomic E-state index is -1.08. The molecule has 1 heterocycles. The van der Waals surface area contributed by atoms with Crippen molar-refractivity contribution in [2.75, 3.05) is 6.54 Å². The number of carbonyl (C=O) groups excluding carboxylic acids is 1. The first-order valence-corrected chi connectivity index (χ1v) is 6.70. The van der Waals surface area contributed by atoms with Crippen molar-refractivity contribution in [1.29, 1.82) is 0 Å². The number of nitrogens with zero attached hydrogens (tertiary/aromatic N) is 1. The normalized spacial score (nSPS) is 22.5. The van der Waals surface area contributed by atoms with Gasteiger partial charge in [0.25, 0.3) is 0 Å². The predicted molar refractivity (Wildman–Crippen MR) is 70.8 cm³/mol. The molecule has 0 radical (unpaired) electrons. The van der Waals surface area contributed by atoms with Gasteiger partial charge >= 0.3 is 12.1 Å². The maximum atomic E-state index is 12.2. The number of carboxylic acid groups (broad SMARTS) is 1. The van der Waals surface area contributed by atoms with E-state index in [0.29, 0.717) is 13.0 Å². The zero-order valence-corrected chi connectivity index (χ0v) is 11.9. The van der Waals surface area contributed by atoms with Crippen LogP contribution in [0.4, 0.5) is 4.79 Å². The summed E-state index contributed by atoms with van der Waals surface area (Å²) in [5.41, 5.74) is 5.11. The Morgan fingerprint density at radius 2 is 1.95 bits per heavy atom. The lowest BCUT2D eigenvalue weighted by Crippen LogP contribution is -2.54. The summed E-state index contributed by atoms with van der Waals surface area (Å²) in [6.45, 7) is 5.86. The Morgan fingerprint density at radius 3 is 2.47 bits per heavy atom. The van der Waals surface area contributed by atoms with Crippen molar-refractivity contribution in [1.82, 2.24) is 4.90 Å². The SMILES string of the molecule is CC(C)(C)OC(=O)N1CCCCCC1C(N)C(=O)O. The van der Waals surface area contributed by atoms with Crippen LogP contribution in [0.3, 0.4) is 0 Å². The molecule has 1 rings (SSSR count). The van der Waals surface area contributed by atoms with Gasteiger partial charge in [-0.2, -0.15) is 0 Å². The largest absolute Gasteiger partial charge is 0.480 e. The van der Waals surface area contributed by atoms with Crippen LogP contribution >= 0.6 is 0 Å². The van der Waals surface area contributed by atoms with Crippen molar-refractivity contribution in [3.05, 3.63) is 0 Å². The van der Waals surface area contributed by atoms with Crippen molar-refractivity contribution in [3.8, 4) is 0 Å². The average Bonchev–Trinajstić information content (AvgIpc) is 2.50. The van der Waals surface area contributed by atoms with Crippen LogP contribution in [-0.2, 0) is 9.53 Å². The van der Waals surface area contributed by atoms with Crippen LogP contribution in [0.2, 0.25) is 0 Å². The summed E-state index contributed by atoms with van der Waals surface area (Å²) < 4.78 is 5.33. The van der Waals surface area contributed by atoms with Crippen molar-refractivity contribution in [2.24, 2.45) is 5.73 Å². The monoisotopic (exact) mass is 272 g/mol. The molecule has 1 fully saturated rings. The van der Waals surface area contributed by atoms with Crippen LogP contribution in [0.25, 0.3) is 0 Å². The first-order valence-electron chi connectivity index (χ1n) is 6.70. The first-order chi connectivity index (χ1) is 8.72. The highest BCUT2D eigenvalue weighted by Crippen LogP contribution is 2.21. The second-order valence-electron chi connectivity index (χ2n) is 5.95. The molecule has 2 unspecified atom stereocenters. The highest BCUT2D eigenvalue weighted by molar-refractivity contribution is 5.76. The molecule has 0 spiro atoms. The number of ether oxygens (including phenoxy) is 1. The zero-order chi connectivity index (χ0) is 14.6. The molecule has 1 saturated heterocycles. The smallest absolute Gasteiger partial charge is 0.410 e. The topological polar surface area (TPSA) is 92.9 Å². The number of likely N-dealkylation sites (tertiary alicyclic amines) is 1. The average molecular weight is 272 g/mol. The molecule has 110 valence electrons. The predicted octanol–water partition coefficient (Wildman–Crippen LogP) is 1.58. The van der Waals surface area contributed by atoms with Gasteiger partial charge in [-0.15, -0.1) is 0 Å². The fraction of sp³-hybridized carbons (Fsp3) is 0.846. The van der Waals surface area contributed by atoms with Gasteiger partial charge in [-0.3, -0.25) is 4.79 Å². The van der Waals surface area contributed by atoms with E-state index >= 15 is 0 Å². The number of rotatable bonds is 2. The molecule has 6 nitrogen and oxygen atoms in total. The number of hydrogen-bond donors (Lipinski definition) is 2. The Balaban J connectivity index is 2.84. The fourth-order valence-corrected chi connectivity index (χ4v) is 2.22. The Labute approximate surface area is 113 Å². The lowest BCUT2D eigenvalue weighted by atomic mass is 10.0. The van der Waals surface area contributed by atoms with Crippen molar-refractivity contribution in [3.63, 3.8) is 0 Å². The van der Waals surface area contributed by atoms with E-state index in [9.17, 15) is 9.59 Å². The molecule has 0 bridgehead atoms. The van der Waals surface area contributed by atoms with E-state index in [2.05, 4.69) is 0 Å². The van der Waals surface area contributed by atoms with Gasteiger partial charge < -0.3 is 20.5 Å². The van der Waals surface area contributed by atoms with Gasteiger partial charge in [-0.25, -0.2) is 4.79 Å². The molecule has 1 aliphatic heterocycles. The van der Waals surface area contributed by atoms with E-state index < -0.39 is 29.7 Å². The Bertz CT molecular complexity index is 338. The summed E-state index contributed by atoms with van der Waals surface area (Å²) in [5.74, 6) is -1.08. The third-order valence-corrected chi connectivity index (χ3v) is 3.13. The number of carboxylic acids is 1.